The fraction of sp³-hybridized carbons (Fsp3) is 0.938. The van der Waals surface area contributed by atoms with Gasteiger partial charge in [0.1, 0.15) is 0 Å². The maximum atomic E-state index is 11.6. The van der Waals surface area contributed by atoms with Crippen molar-refractivity contribution in [2.24, 2.45) is 5.41 Å². The summed E-state index contributed by atoms with van der Waals surface area (Å²) >= 11 is 0. The molecule has 3 aliphatic rings. The highest BCUT2D eigenvalue weighted by molar-refractivity contribution is 5.76. The SMILES string of the molecule is O=C(CCCNC1CCC12CCCCC2)NC1CC1. The van der Waals surface area contributed by atoms with Gasteiger partial charge in [0.2, 0.25) is 5.91 Å². The van der Waals surface area contributed by atoms with Crippen molar-refractivity contribution in [2.75, 3.05) is 6.54 Å². The number of amides is 1. The lowest BCUT2D eigenvalue weighted by Gasteiger charge is -2.52. The molecular formula is C16H28N2O. The summed E-state index contributed by atoms with van der Waals surface area (Å²) in [6.45, 7) is 1.02. The lowest BCUT2D eigenvalue weighted by molar-refractivity contribution is -0.121. The minimum Gasteiger partial charge on any atom is -0.353 e. The first-order valence-corrected chi connectivity index (χ1v) is 8.31. The lowest BCUT2D eigenvalue weighted by atomic mass is 9.57. The molecule has 0 radical (unpaired) electrons. The lowest BCUT2D eigenvalue weighted by Crippen LogP contribution is -2.54. The molecule has 3 aliphatic carbocycles. The zero-order valence-corrected chi connectivity index (χ0v) is 12.0. The smallest absolute Gasteiger partial charge is 0.220 e. The molecule has 3 heteroatoms. The second kappa shape index (κ2) is 5.82. The highest BCUT2D eigenvalue weighted by atomic mass is 16.1. The van der Waals surface area contributed by atoms with Crippen molar-refractivity contribution in [3.8, 4) is 0 Å². The van der Waals surface area contributed by atoms with Crippen molar-refractivity contribution < 1.29 is 4.79 Å². The summed E-state index contributed by atoms with van der Waals surface area (Å²) in [4.78, 5) is 11.6. The Hall–Kier alpha value is -0.570. The molecule has 0 aromatic rings. The van der Waals surface area contributed by atoms with Gasteiger partial charge < -0.3 is 10.6 Å². The van der Waals surface area contributed by atoms with E-state index in [9.17, 15) is 4.79 Å². The van der Waals surface area contributed by atoms with Crippen LogP contribution in [0.25, 0.3) is 0 Å². The van der Waals surface area contributed by atoms with Gasteiger partial charge >= 0.3 is 0 Å². The standard InChI is InChI=1S/C16H28N2O/c19-15(18-13-6-7-13)5-4-12-17-14-8-11-16(14)9-2-1-3-10-16/h13-14,17H,1-12H2,(H,18,19). The summed E-state index contributed by atoms with van der Waals surface area (Å²) in [6.07, 6.45) is 14.0. The summed E-state index contributed by atoms with van der Waals surface area (Å²) in [5, 5.41) is 6.78. The third-order valence-corrected chi connectivity index (χ3v) is 5.43. The molecule has 3 rings (SSSR count). The molecule has 0 aromatic heterocycles. The first-order chi connectivity index (χ1) is 9.28. The van der Waals surface area contributed by atoms with Crippen LogP contribution in [0.15, 0.2) is 0 Å². The minimum atomic E-state index is 0.255. The first kappa shape index (κ1) is 13.4. The normalized spacial score (nSPS) is 28.9. The summed E-state index contributed by atoms with van der Waals surface area (Å²) in [6, 6.07) is 1.26. The highest BCUT2D eigenvalue weighted by Crippen LogP contribution is 2.51. The van der Waals surface area contributed by atoms with Crippen LogP contribution >= 0.6 is 0 Å². The van der Waals surface area contributed by atoms with Gasteiger partial charge in [-0.25, -0.2) is 0 Å². The summed E-state index contributed by atoms with van der Waals surface area (Å²) in [7, 11) is 0. The Morgan fingerprint density at radius 3 is 2.47 bits per heavy atom. The average Bonchev–Trinajstić information content (AvgIpc) is 3.22. The monoisotopic (exact) mass is 264 g/mol. The van der Waals surface area contributed by atoms with Crippen molar-refractivity contribution >= 4 is 5.91 Å². The Kier molecular flexibility index (Phi) is 4.11. The van der Waals surface area contributed by atoms with Gasteiger partial charge in [-0.3, -0.25) is 4.79 Å². The van der Waals surface area contributed by atoms with Gasteiger partial charge in [0.05, 0.1) is 0 Å². The highest BCUT2D eigenvalue weighted by Gasteiger charge is 2.46. The third-order valence-electron chi connectivity index (χ3n) is 5.43. The van der Waals surface area contributed by atoms with Gasteiger partial charge in [-0.15, -0.1) is 0 Å². The molecule has 3 saturated carbocycles. The Labute approximate surface area is 116 Å². The molecule has 19 heavy (non-hydrogen) atoms. The topological polar surface area (TPSA) is 41.1 Å². The van der Waals surface area contributed by atoms with Crippen LogP contribution in [0.3, 0.4) is 0 Å². The van der Waals surface area contributed by atoms with E-state index in [2.05, 4.69) is 10.6 Å². The molecule has 108 valence electrons. The Balaban J connectivity index is 1.30. The molecule has 1 atom stereocenters. The third kappa shape index (κ3) is 3.31. The van der Waals surface area contributed by atoms with Crippen LogP contribution in [0.2, 0.25) is 0 Å². The number of nitrogens with one attached hydrogen (secondary N) is 2. The second-order valence-corrected chi connectivity index (χ2v) is 6.91. The van der Waals surface area contributed by atoms with Crippen molar-refractivity contribution in [3.05, 3.63) is 0 Å². The zero-order valence-electron chi connectivity index (χ0n) is 12.0. The fourth-order valence-electron chi connectivity index (χ4n) is 3.92. The van der Waals surface area contributed by atoms with E-state index in [1.54, 1.807) is 0 Å². The Morgan fingerprint density at radius 2 is 1.84 bits per heavy atom. The van der Waals surface area contributed by atoms with Crippen LogP contribution in [0.4, 0.5) is 0 Å². The predicted molar refractivity (Wildman–Crippen MR) is 76.9 cm³/mol. The zero-order chi connectivity index (χ0) is 13.1. The van der Waals surface area contributed by atoms with Crippen molar-refractivity contribution in [2.45, 2.75) is 82.7 Å². The van der Waals surface area contributed by atoms with Crippen LogP contribution in [0.5, 0.6) is 0 Å². The molecular weight excluding hydrogens is 236 g/mol. The van der Waals surface area contributed by atoms with Gasteiger partial charge in [-0.05, 0) is 56.9 Å². The van der Waals surface area contributed by atoms with Crippen LogP contribution < -0.4 is 10.6 Å². The minimum absolute atomic E-state index is 0.255. The van der Waals surface area contributed by atoms with Gasteiger partial charge in [-0.1, -0.05) is 19.3 Å². The van der Waals surface area contributed by atoms with E-state index in [0.717, 1.165) is 19.0 Å². The molecule has 1 spiro atoms. The quantitative estimate of drug-likeness (QED) is 0.724. The average molecular weight is 264 g/mol. The number of hydrogen-bond acceptors (Lipinski definition) is 2. The van der Waals surface area contributed by atoms with E-state index in [1.165, 1.54) is 57.8 Å². The van der Waals surface area contributed by atoms with Gasteiger partial charge in [0, 0.05) is 18.5 Å². The number of carbonyl (C=O) groups is 1. The first-order valence-electron chi connectivity index (χ1n) is 8.31. The van der Waals surface area contributed by atoms with E-state index in [-0.39, 0.29) is 5.91 Å². The Bertz CT molecular complexity index is 319. The number of rotatable bonds is 6. The largest absolute Gasteiger partial charge is 0.353 e. The van der Waals surface area contributed by atoms with E-state index >= 15 is 0 Å². The maximum absolute atomic E-state index is 11.6. The number of hydrogen-bond donors (Lipinski definition) is 2. The van der Waals surface area contributed by atoms with Gasteiger partial charge in [0.25, 0.3) is 0 Å². The van der Waals surface area contributed by atoms with Crippen molar-refractivity contribution in [1.82, 2.24) is 10.6 Å². The molecule has 1 amide bonds. The van der Waals surface area contributed by atoms with Crippen molar-refractivity contribution in [1.29, 1.82) is 0 Å². The number of carbonyl (C=O) groups excluding carboxylic acids is 1. The fourth-order valence-corrected chi connectivity index (χ4v) is 3.92. The van der Waals surface area contributed by atoms with Crippen LogP contribution in [0, 0.1) is 5.41 Å². The van der Waals surface area contributed by atoms with Crippen LogP contribution in [-0.4, -0.2) is 24.5 Å². The van der Waals surface area contributed by atoms with E-state index in [0.29, 0.717) is 17.9 Å². The van der Waals surface area contributed by atoms with E-state index in [4.69, 9.17) is 0 Å². The van der Waals surface area contributed by atoms with E-state index in [1.807, 2.05) is 0 Å². The maximum Gasteiger partial charge on any atom is 0.220 e. The molecule has 3 fully saturated rings. The van der Waals surface area contributed by atoms with Gasteiger partial charge in [-0.2, -0.15) is 0 Å². The molecule has 0 saturated heterocycles. The summed E-state index contributed by atoms with van der Waals surface area (Å²) in [5.41, 5.74) is 0.647. The van der Waals surface area contributed by atoms with E-state index < -0.39 is 0 Å². The molecule has 2 N–H and O–H groups in total. The molecule has 0 aromatic carbocycles. The van der Waals surface area contributed by atoms with Crippen LogP contribution in [-0.2, 0) is 4.79 Å². The summed E-state index contributed by atoms with van der Waals surface area (Å²) < 4.78 is 0. The molecule has 0 bridgehead atoms. The summed E-state index contributed by atoms with van der Waals surface area (Å²) in [5.74, 6) is 0.255. The molecule has 0 aliphatic heterocycles. The second-order valence-electron chi connectivity index (χ2n) is 6.91. The Morgan fingerprint density at radius 1 is 1.05 bits per heavy atom. The molecule has 3 nitrogen and oxygen atoms in total. The van der Waals surface area contributed by atoms with Crippen LogP contribution in [0.1, 0.15) is 70.6 Å². The van der Waals surface area contributed by atoms with Crippen molar-refractivity contribution in [3.63, 3.8) is 0 Å². The van der Waals surface area contributed by atoms with Gasteiger partial charge in [0.15, 0.2) is 0 Å². The molecule has 1 unspecified atom stereocenters. The molecule has 0 heterocycles. The predicted octanol–water partition coefficient (Wildman–Crippen LogP) is 2.75.